The van der Waals surface area contributed by atoms with E-state index in [0.29, 0.717) is 11.4 Å². The molecule has 0 aliphatic heterocycles. The number of benzene rings is 2. The highest BCUT2D eigenvalue weighted by Gasteiger charge is 2.15. The first-order valence-electron chi connectivity index (χ1n) is 7.59. The molecular weight excluding hydrogens is 324 g/mol. The van der Waals surface area contributed by atoms with Gasteiger partial charge in [-0.15, -0.1) is 0 Å². The zero-order valence-corrected chi connectivity index (χ0v) is 13.8. The van der Waals surface area contributed by atoms with Gasteiger partial charge in [0.2, 0.25) is 0 Å². The van der Waals surface area contributed by atoms with E-state index >= 15 is 0 Å². The molecule has 0 fully saturated rings. The maximum absolute atomic E-state index is 12.5. The van der Waals surface area contributed by atoms with E-state index in [1.807, 2.05) is 13.8 Å². The highest BCUT2D eigenvalue weighted by molar-refractivity contribution is 6.10. The molecule has 0 unspecified atom stereocenters. The van der Waals surface area contributed by atoms with Gasteiger partial charge in [0.25, 0.3) is 11.6 Å². The Labute approximate surface area is 144 Å². The second kappa shape index (κ2) is 7.91. The third-order valence-corrected chi connectivity index (χ3v) is 3.15. The lowest BCUT2D eigenvalue weighted by Crippen LogP contribution is -2.34. The zero-order chi connectivity index (χ0) is 18.4. The van der Waals surface area contributed by atoms with Gasteiger partial charge in [0.1, 0.15) is 0 Å². The van der Waals surface area contributed by atoms with Gasteiger partial charge < -0.3 is 16.0 Å². The molecular formula is C17H18N4O4. The molecule has 2 aromatic rings. The maximum Gasteiger partial charge on any atom is 0.319 e. The minimum atomic E-state index is -0.540. The highest BCUT2D eigenvalue weighted by atomic mass is 16.6. The molecule has 2 aromatic carbocycles. The fraction of sp³-hybridized carbons (Fsp3) is 0.176. The average Bonchev–Trinajstić information content (AvgIpc) is 2.54. The minimum absolute atomic E-state index is 0.0501. The minimum Gasteiger partial charge on any atom is -0.336 e. The van der Waals surface area contributed by atoms with Gasteiger partial charge in [-0.1, -0.05) is 18.2 Å². The van der Waals surface area contributed by atoms with Crippen LogP contribution in [0.2, 0.25) is 0 Å². The molecule has 0 bridgehead atoms. The Morgan fingerprint density at radius 2 is 1.76 bits per heavy atom. The summed E-state index contributed by atoms with van der Waals surface area (Å²) in [6.45, 7) is 3.64. The molecule has 0 saturated heterocycles. The monoisotopic (exact) mass is 342 g/mol. The van der Waals surface area contributed by atoms with E-state index < -0.39 is 16.9 Å². The largest absolute Gasteiger partial charge is 0.336 e. The van der Waals surface area contributed by atoms with Crippen LogP contribution >= 0.6 is 0 Å². The van der Waals surface area contributed by atoms with Gasteiger partial charge >= 0.3 is 6.03 Å². The molecule has 0 aliphatic carbocycles. The lowest BCUT2D eigenvalue weighted by atomic mass is 10.1. The number of rotatable bonds is 5. The summed E-state index contributed by atoms with van der Waals surface area (Å²) in [5, 5.41) is 18.7. The summed E-state index contributed by atoms with van der Waals surface area (Å²) in [6.07, 6.45) is 0. The first-order chi connectivity index (χ1) is 11.9. The van der Waals surface area contributed by atoms with Gasteiger partial charge in [-0.2, -0.15) is 0 Å². The van der Waals surface area contributed by atoms with E-state index in [9.17, 15) is 19.7 Å². The van der Waals surface area contributed by atoms with E-state index in [4.69, 9.17) is 0 Å². The SMILES string of the molecule is CC(C)NC(=O)Nc1ccccc1C(=O)Nc1cccc([N+](=O)[O-])c1. The number of carbonyl (C=O) groups is 2. The second-order valence-electron chi connectivity index (χ2n) is 5.56. The summed E-state index contributed by atoms with van der Waals surface area (Å²) in [6, 6.07) is 11.7. The third-order valence-electron chi connectivity index (χ3n) is 3.15. The van der Waals surface area contributed by atoms with Crippen LogP contribution in [0.5, 0.6) is 0 Å². The Bertz CT molecular complexity index is 805. The van der Waals surface area contributed by atoms with Gasteiger partial charge in [0, 0.05) is 23.9 Å². The van der Waals surface area contributed by atoms with Crippen LogP contribution in [0, 0.1) is 10.1 Å². The predicted molar refractivity (Wildman–Crippen MR) is 94.8 cm³/mol. The lowest BCUT2D eigenvalue weighted by Gasteiger charge is -2.13. The number of amides is 3. The van der Waals surface area contributed by atoms with Gasteiger partial charge in [-0.3, -0.25) is 14.9 Å². The summed E-state index contributed by atoms with van der Waals surface area (Å²) in [7, 11) is 0. The third kappa shape index (κ3) is 5.03. The zero-order valence-electron chi connectivity index (χ0n) is 13.8. The number of hydrogen-bond donors (Lipinski definition) is 3. The number of nitrogens with one attached hydrogen (secondary N) is 3. The highest BCUT2D eigenvalue weighted by Crippen LogP contribution is 2.20. The van der Waals surface area contributed by atoms with Crippen molar-refractivity contribution < 1.29 is 14.5 Å². The number of nitro benzene ring substituents is 1. The summed E-state index contributed by atoms with van der Waals surface area (Å²) in [5.41, 5.74) is 0.748. The van der Waals surface area contributed by atoms with Crippen LogP contribution in [0.25, 0.3) is 0 Å². The normalized spacial score (nSPS) is 10.2. The van der Waals surface area contributed by atoms with Crippen LogP contribution in [0.15, 0.2) is 48.5 Å². The first kappa shape index (κ1) is 17.9. The number of para-hydroxylation sites is 1. The van der Waals surface area contributed by atoms with Crippen LogP contribution in [0.1, 0.15) is 24.2 Å². The van der Waals surface area contributed by atoms with Crippen LogP contribution in [0.4, 0.5) is 21.9 Å². The molecule has 0 heterocycles. The van der Waals surface area contributed by atoms with E-state index in [2.05, 4.69) is 16.0 Å². The molecule has 0 radical (unpaired) electrons. The summed E-state index contributed by atoms with van der Waals surface area (Å²) < 4.78 is 0. The molecule has 0 spiro atoms. The van der Waals surface area contributed by atoms with Crippen molar-refractivity contribution in [2.24, 2.45) is 0 Å². The Morgan fingerprint density at radius 3 is 2.44 bits per heavy atom. The molecule has 2 rings (SSSR count). The van der Waals surface area contributed by atoms with E-state index in [1.54, 1.807) is 30.3 Å². The molecule has 0 aliphatic rings. The summed E-state index contributed by atoms with van der Waals surface area (Å²) in [4.78, 5) is 34.6. The van der Waals surface area contributed by atoms with Crippen LogP contribution in [-0.4, -0.2) is 22.9 Å². The van der Waals surface area contributed by atoms with Crippen LogP contribution < -0.4 is 16.0 Å². The molecule has 0 aromatic heterocycles. The number of nitro groups is 1. The first-order valence-corrected chi connectivity index (χ1v) is 7.59. The number of carbonyl (C=O) groups excluding carboxylic acids is 2. The number of urea groups is 1. The molecule has 130 valence electrons. The van der Waals surface area contributed by atoms with Crippen molar-refractivity contribution in [1.82, 2.24) is 5.32 Å². The Morgan fingerprint density at radius 1 is 1.04 bits per heavy atom. The summed E-state index contributed by atoms with van der Waals surface area (Å²) in [5.74, 6) is -0.485. The van der Waals surface area contributed by atoms with Crippen molar-refractivity contribution in [2.45, 2.75) is 19.9 Å². The van der Waals surface area contributed by atoms with Crippen molar-refractivity contribution in [2.75, 3.05) is 10.6 Å². The maximum atomic E-state index is 12.5. The molecule has 0 atom stereocenters. The predicted octanol–water partition coefficient (Wildman–Crippen LogP) is 3.38. The Kier molecular flexibility index (Phi) is 5.67. The molecule has 8 heteroatoms. The van der Waals surface area contributed by atoms with Gasteiger partial charge in [-0.05, 0) is 32.0 Å². The van der Waals surface area contributed by atoms with E-state index in [1.165, 1.54) is 18.2 Å². The number of nitrogens with zero attached hydrogens (tertiary/aromatic N) is 1. The van der Waals surface area contributed by atoms with Gasteiger partial charge in [-0.25, -0.2) is 4.79 Å². The van der Waals surface area contributed by atoms with Crippen molar-refractivity contribution in [3.05, 3.63) is 64.2 Å². The van der Waals surface area contributed by atoms with E-state index in [-0.39, 0.29) is 17.3 Å². The number of anilines is 2. The average molecular weight is 342 g/mol. The molecule has 8 nitrogen and oxygen atoms in total. The smallest absolute Gasteiger partial charge is 0.319 e. The van der Waals surface area contributed by atoms with E-state index in [0.717, 1.165) is 0 Å². The quantitative estimate of drug-likeness (QED) is 0.571. The second-order valence-corrected chi connectivity index (χ2v) is 5.56. The standard InChI is InChI=1S/C17H18N4O4/c1-11(2)18-17(23)20-15-9-4-3-8-14(15)16(22)19-12-6-5-7-13(10-12)21(24)25/h3-11H,1-2H3,(H,19,22)(H2,18,20,23). The molecule has 0 saturated carbocycles. The fourth-order valence-electron chi connectivity index (χ4n) is 2.11. The number of non-ortho nitro benzene ring substituents is 1. The summed E-state index contributed by atoms with van der Waals surface area (Å²) >= 11 is 0. The molecule has 25 heavy (non-hydrogen) atoms. The van der Waals surface area contributed by atoms with Crippen molar-refractivity contribution in [1.29, 1.82) is 0 Å². The van der Waals surface area contributed by atoms with Crippen LogP contribution in [0.3, 0.4) is 0 Å². The van der Waals surface area contributed by atoms with Crippen molar-refractivity contribution >= 4 is 29.0 Å². The topological polar surface area (TPSA) is 113 Å². The molecule has 3 amide bonds. The van der Waals surface area contributed by atoms with Crippen molar-refractivity contribution in [3.63, 3.8) is 0 Å². The van der Waals surface area contributed by atoms with Gasteiger partial charge in [0.15, 0.2) is 0 Å². The van der Waals surface area contributed by atoms with Gasteiger partial charge in [0.05, 0.1) is 16.2 Å². The van der Waals surface area contributed by atoms with Crippen molar-refractivity contribution in [3.8, 4) is 0 Å². The van der Waals surface area contributed by atoms with Crippen LogP contribution in [-0.2, 0) is 0 Å². The fourth-order valence-corrected chi connectivity index (χ4v) is 2.11. The molecule has 3 N–H and O–H groups in total. The lowest BCUT2D eigenvalue weighted by molar-refractivity contribution is -0.384. The Balaban J connectivity index is 2.18. The number of hydrogen-bond acceptors (Lipinski definition) is 4. The Hall–Kier alpha value is -3.42.